The summed E-state index contributed by atoms with van der Waals surface area (Å²) in [5.74, 6) is 0. The topological polar surface area (TPSA) is 0 Å². The van der Waals surface area contributed by atoms with E-state index in [9.17, 15) is 0 Å². The number of rotatable bonds is 6. The number of hydrogen-bond donors (Lipinski definition) is 0. The molecule has 0 radical (unpaired) electrons. The third kappa shape index (κ3) is 12.4. The van der Waals surface area contributed by atoms with Gasteiger partial charge < -0.3 is 0 Å². The number of quaternary nitrogens is 2. The summed E-state index contributed by atoms with van der Waals surface area (Å²) < 4.78 is 2.23. The summed E-state index contributed by atoms with van der Waals surface area (Å²) in [5, 5.41) is 2.85. The van der Waals surface area contributed by atoms with E-state index in [0.717, 1.165) is 23.9 Å². The summed E-state index contributed by atoms with van der Waals surface area (Å²) in [6.07, 6.45) is 0. The van der Waals surface area contributed by atoms with Gasteiger partial charge in [-0.15, -0.1) is 0 Å². The standard InChI is InChI=1S/C10H26N2Se/c1-11(2,3)7-9-13-10-8-12(4,5)6/h7-10H2,1-6H3/q+2/i13-4. The van der Waals surface area contributed by atoms with Crippen LogP contribution in [0.1, 0.15) is 0 Å². The maximum atomic E-state index is 2.27. The van der Waals surface area contributed by atoms with Crippen molar-refractivity contribution in [3.63, 3.8) is 0 Å². The Morgan fingerprint density at radius 2 is 1.00 bits per heavy atom. The Kier molecular flexibility index (Phi) is 5.53. The van der Waals surface area contributed by atoms with Crippen molar-refractivity contribution in [1.29, 1.82) is 0 Å². The van der Waals surface area contributed by atoms with Gasteiger partial charge in [0, 0.05) is 0 Å². The van der Waals surface area contributed by atoms with Crippen LogP contribution in [0.3, 0.4) is 0 Å². The van der Waals surface area contributed by atoms with E-state index < -0.39 is 0 Å². The zero-order valence-electron chi connectivity index (χ0n) is 10.1. The van der Waals surface area contributed by atoms with E-state index in [1.807, 2.05) is 0 Å². The van der Waals surface area contributed by atoms with Crippen LogP contribution < -0.4 is 0 Å². The Labute approximate surface area is 90.2 Å². The van der Waals surface area contributed by atoms with Gasteiger partial charge in [-0.25, -0.2) is 0 Å². The fourth-order valence-corrected chi connectivity index (χ4v) is 4.05. The summed E-state index contributed by atoms with van der Waals surface area (Å²) >= 11 is 0.858. The second kappa shape index (κ2) is 5.35. The van der Waals surface area contributed by atoms with Crippen molar-refractivity contribution in [2.24, 2.45) is 0 Å². The first-order valence-corrected chi connectivity index (χ1v) is 7.32. The molecule has 0 aliphatic rings. The first-order chi connectivity index (χ1) is 5.71. The van der Waals surface area contributed by atoms with Gasteiger partial charge in [0.15, 0.2) is 0 Å². The normalized spacial score (nSPS) is 13.4. The van der Waals surface area contributed by atoms with E-state index in [-0.39, 0.29) is 0 Å². The van der Waals surface area contributed by atoms with E-state index in [1.54, 1.807) is 0 Å². The van der Waals surface area contributed by atoms with Crippen molar-refractivity contribution < 1.29 is 8.97 Å². The van der Waals surface area contributed by atoms with Crippen LogP contribution >= 0.6 is 0 Å². The molecule has 3 heteroatoms. The zero-order chi connectivity index (χ0) is 10.5. The van der Waals surface area contributed by atoms with E-state index in [1.165, 1.54) is 23.7 Å². The van der Waals surface area contributed by atoms with Crippen molar-refractivity contribution in [3.8, 4) is 0 Å². The molecule has 0 aromatic heterocycles. The van der Waals surface area contributed by atoms with Crippen LogP contribution in [-0.2, 0) is 0 Å². The van der Waals surface area contributed by atoms with Crippen LogP contribution in [0.4, 0.5) is 0 Å². The molecule has 80 valence electrons. The number of nitrogens with zero attached hydrogens (tertiary/aromatic N) is 2. The average molecular weight is 249 g/mol. The Morgan fingerprint density at radius 3 is 1.23 bits per heavy atom. The van der Waals surface area contributed by atoms with Crippen molar-refractivity contribution in [3.05, 3.63) is 0 Å². The molecule has 0 bridgehead atoms. The van der Waals surface area contributed by atoms with E-state index in [4.69, 9.17) is 0 Å². The molecule has 2 nitrogen and oxygen atoms in total. The molecular formula is C10H26N2Se+2. The van der Waals surface area contributed by atoms with Crippen LogP contribution in [-0.4, -0.2) is 79.3 Å². The molecule has 0 rings (SSSR count). The van der Waals surface area contributed by atoms with Gasteiger partial charge in [-0.05, 0) is 0 Å². The third-order valence-corrected chi connectivity index (χ3v) is 3.79. The fraction of sp³-hybridized carbons (Fsp3) is 1.00. The second-order valence-corrected chi connectivity index (χ2v) is 8.21. The molecule has 0 unspecified atom stereocenters. The number of hydrogen-bond acceptors (Lipinski definition) is 0. The molecule has 0 fully saturated rings. The van der Waals surface area contributed by atoms with E-state index in [0.29, 0.717) is 0 Å². The fourth-order valence-electron chi connectivity index (χ4n) is 0.779. The predicted molar refractivity (Wildman–Crippen MR) is 61.2 cm³/mol. The van der Waals surface area contributed by atoms with Crippen molar-refractivity contribution >= 4 is 15.0 Å². The monoisotopic (exact) mass is 249 g/mol. The first kappa shape index (κ1) is 13.4. The molecular weight excluding hydrogens is 223 g/mol. The predicted octanol–water partition coefficient (Wildman–Crippen LogP) is 0.940. The quantitative estimate of drug-likeness (QED) is 0.373. The molecule has 0 aliphatic carbocycles. The van der Waals surface area contributed by atoms with Gasteiger partial charge in [0.1, 0.15) is 0 Å². The molecule has 0 heterocycles. The first-order valence-electron chi connectivity index (χ1n) is 4.89. The van der Waals surface area contributed by atoms with Crippen LogP contribution in [0.25, 0.3) is 0 Å². The Bertz CT molecular complexity index is 117. The summed E-state index contributed by atoms with van der Waals surface area (Å²) in [6.45, 7) is 2.66. The van der Waals surface area contributed by atoms with Gasteiger partial charge >= 0.3 is 89.9 Å². The zero-order valence-corrected chi connectivity index (χ0v) is 11.8. The van der Waals surface area contributed by atoms with Crippen LogP contribution in [0.15, 0.2) is 0 Å². The summed E-state index contributed by atoms with van der Waals surface area (Å²) in [7, 11) is 13.6. The van der Waals surface area contributed by atoms with E-state index in [2.05, 4.69) is 42.3 Å². The Hall–Kier alpha value is 0.439. The van der Waals surface area contributed by atoms with Gasteiger partial charge in [-0.3, -0.25) is 0 Å². The van der Waals surface area contributed by atoms with Crippen LogP contribution in [0.2, 0.25) is 10.6 Å². The molecule has 0 saturated heterocycles. The van der Waals surface area contributed by atoms with Gasteiger partial charge in [0.05, 0.1) is 0 Å². The van der Waals surface area contributed by atoms with Crippen molar-refractivity contribution in [2.45, 2.75) is 10.6 Å². The SMILES string of the molecule is C[N+](C)(C)CC[75Se]CC[N+](C)(C)C. The molecule has 13 heavy (non-hydrogen) atoms. The summed E-state index contributed by atoms with van der Waals surface area (Å²) in [5.41, 5.74) is 0. The second-order valence-electron chi connectivity index (χ2n) is 5.64. The minimum atomic E-state index is 0.858. The molecule has 0 aliphatic heterocycles. The molecule has 0 saturated carbocycles. The molecule has 0 N–H and O–H groups in total. The van der Waals surface area contributed by atoms with Gasteiger partial charge in [-0.2, -0.15) is 0 Å². The van der Waals surface area contributed by atoms with Gasteiger partial charge in [0.25, 0.3) is 0 Å². The van der Waals surface area contributed by atoms with Gasteiger partial charge in [-0.1, -0.05) is 0 Å². The molecule has 0 aromatic rings. The van der Waals surface area contributed by atoms with Crippen molar-refractivity contribution in [2.75, 3.05) is 55.4 Å². The maximum absolute atomic E-state index is 2.27. The van der Waals surface area contributed by atoms with E-state index >= 15 is 0 Å². The average Bonchev–Trinajstić information content (AvgIpc) is 1.81. The van der Waals surface area contributed by atoms with Crippen LogP contribution in [0, 0.1) is 0 Å². The van der Waals surface area contributed by atoms with Gasteiger partial charge in [0.2, 0.25) is 0 Å². The third-order valence-electron chi connectivity index (χ3n) is 1.81. The minimum absolute atomic E-state index is 0.858. The Balaban J connectivity index is 3.28. The summed E-state index contributed by atoms with van der Waals surface area (Å²) in [6, 6.07) is 0. The Morgan fingerprint density at radius 1 is 0.692 bits per heavy atom. The summed E-state index contributed by atoms with van der Waals surface area (Å²) in [4.78, 5) is 0. The molecule has 0 atom stereocenters. The van der Waals surface area contributed by atoms with Crippen molar-refractivity contribution in [1.82, 2.24) is 0 Å². The molecule has 0 aromatic carbocycles. The molecule has 0 spiro atoms. The molecule has 0 amide bonds. The van der Waals surface area contributed by atoms with Crippen LogP contribution in [0.5, 0.6) is 0 Å².